The topological polar surface area (TPSA) is 97.0 Å². The standard InChI is InChI=1S/C24H20Cl2N4O3/c1-16-21(24(26)30(29-16)14-18-2-6-19(25)7-3-18)10-11-23(32)33-15-22(31)28-20-8-4-17(5-9-20)12-13-27/h2-11H,12,14-15H2,1H3,(H,28,31)/b11-10+. The van der Waals surface area contributed by atoms with Crippen LogP contribution in [0.25, 0.3) is 6.08 Å². The Kier molecular flexibility index (Phi) is 8.25. The molecule has 7 nitrogen and oxygen atoms in total. The highest BCUT2D eigenvalue weighted by Crippen LogP contribution is 2.23. The van der Waals surface area contributed by atoms with Gasteiger partial charge < -0.3 is 10.1 Å². The van der Waals surface area contributed by atoms with Crippen molar-refractivity contribution in [2.45, 2.75) is 19.9 Å². The predicted octanol–water partition coefficient (Wildman–Crippen LogP) is 4.81. The summed E-state index contributed by atoms with van der Waals surface area (Å²) in [5, 5.41) is 16.7. The number of nitriles is 1. The first kappa shape index (κ1) is 24.1. The van der Waals surface area contributed by atoms with Crippen LogP contribution in [0, 0.1) is 18.3 Å². The maximum atomic E-state index is 12.0. The van der Waals surface area contributed by atoms with Crippen LogP contribution in [0.4, 0.5) is 5.69 Å². The van der Waals surface area contributed by atoms with Gasteiger partial charge in [0.2, 0.25) is 0 Å². The minimum atomic E-state index is -0.685. The summed E-state index contributed by atoms with van der Waals surface area (Å²) in [7, 11) is 0. The number of carbonyl (C=O) groups is 2. The lowest BCUT2D eigenvalue weighted by Crippen LogP contribution is -2.20. The molecule has 1 aromatic heterocycles. The van der Waals surface area contributed by atoms with E-state index in [-0.39, 0.29) is 0 Å². The molecular formula is C24H20Cl2N4O3. The fourth-order valence-corrected chi connectivity index (χ4v) is 3.38. The number of carbonyl (C=O) groups excluding carboxylic acids is 2. The molecular weight excluding hydrogens is 463 g/mol. The van der Waals surface area contributed by atoms with E-state index in [0.717, 1.165) is 11.1 Å². The Morgan fingerprint density at radius 2 is 1.79 bits per heavy atom. The van der Waals surface area contributed by atoms with E-state index in [1.165, 1.54) is 12.2 Å². The van der Waals surface area contributed by atoms with E-state index in [1.807, 2.05) is 12.1 Å². The van der Waals surface area contributed by atoms with Crippen molar-refractivity contribution in [1.82, 2.24) is 9.78 Å². The van der Waals surface area contributed by atoms with Gasteiger partial charge in [-0.3, -0.25) is 4.79 Å². The molecule has 0 radical (unpaired) electrons. The van der Waals surface area contributed by atoms with Crippen LogP contribution in [0.15, 0.2) is 54.6 Å². The molecule has 2 aromatic carbocycles. The fourth-order valence-electron chi connectivity index (χ4n) is 2.95. The minimum Gasteiger partial charge on any atom is -0.452 e. The lowest BCUT2D eigenvalue weighted by Gasteiger charge is -2.06. The van der Waals surface area contributed by atoms with E-state index in [2.05, 4.69) is 16.5 Å². The summed E-state index contributed by atoms with van der Waals surface area (Å²) in [5.74, 6) is -1.16. The van der Waals surface area contributed by atoms with Gasteiger partial charge in [0.25, 0.3) is 5.91 Å². The number of hydrogen-bond acceptors (Lipinski definition) is 5. The molecule has 1 heterocycles. The van der Waals surface area contributed by atoms with Crippen molar-refractivity contribution in [2.75, 3.05) is 11.9 Å². The number of esters is 1. The largest absolute Gasteiger partial charge is 0.452 e. The highest BCUT2D eigenvalue weighted by molar-refractivity contribution is 6.31. The van der Waals surface area contributed by atoms with Gasteiger partial charge in [0, 0.05) is 22.3 Å². The third kappa shape index (κ3) is 6.94. The smallest absolute Gasteiger partial charge is 0.331 e. The second kappa shape index (κ2) is 11.3. The van der Waals surface area contributed by atoms with Gasteiger partial charge in [-0.25, -0.2) is 9.48 Å². The fraction of sp³-hybridized carbons (Fsp3) is 0.167. The van der Waals surface area contributed by atoms with Crippen LogP contribution in [-0.2, 0) is 27.3 Å². The number of nitrogens with zero attached hydrogens (tertiary/aromatic N) is 3. The van der Waals surface area contributed by atoms with E-state index < -0.39 is 18.5 Å². The van der Waals surface area contributed by atoms with Crippen molar-refractivity contribution < 1.29 is 14.3 Å². The number of aromatic nitrogens is 2. The van der Waals surface area contributed by atoms with Gasteiger partial charge in [-0.1, -0.05) is 47.5 Å². The number of benzene rings is 2. The second-order valence-corrected chi connectivity index (χ2v) is 7.89. The van der Waals surface area contributed by atoms with Gasteiger partial charge in [0.1, 0.15) is 5.15 Å². The Morgan fingerprint density at radius 3 is 2.45 bits per heavy atom. The van der Waals surface area contributed by atoms with Gasteiger partial charge in [0.05, 0.1) is 24.7 Å². The third-order valence-electron chi connectivity index (χ3n) is 4.61. The van der Waals surface area contributed by atoms with E-state index >= 15 is 0 Å². The molecule has 1 amide bonds. The van der Waals surface area contributed by atoms with Crippen molar-refractivity contribution in [3.63, 3.8) is 0 Å². The molecule has 3 aromatic rings. The van der Waals surface area contributed by atoms with Crippen molar-refractivity contribution >= 4 is 46.8 Å². The highest BCUT2D eigenvalue weighted by atomic mass is 35.5. The molecule has 0 aliphatic heterocycles. The van der Waals surface area contributed by atoms with Crippen molar-refractivity contribution in [2.24, 2.45) is 0 Å². The molecule has 1 N–H and O–H groups in total. The maximum Gasteiger partial charge on any atom is 0.331 e. The predicted molar refractivity (Wildman–Crippen MR) is 127 cm³/mol. The summed E-state index contributed by atoms with van der Waals surface area (Å²) in [6, 6.07) is 16.2. The molecule has 0 atom stereocenters. The van der Waals surface area contributed by atoms with E-state index in [9.17, 15) is 9.59 Å². The Bertz CT molecular complexity index is 1210. The molecule has 0 aliphatic carbocycles. The van der Waals surface area contributed by atoms with Crippen LogP contribution in [0.1, 0.15) is 22.4 Å². The molecule has 0 fully saturated rings. The van der Waals surface area contributed by atoms with Gasteiger partial charge in [0.15, 0.2) is 6.61 Å². The summed E-state index contributed by atoms with van der Waals surface area (Å²) in [5.41, 5.74) is 3.60. The summed E-state index contributed by atoms with van der Waals surface area (Å²) in [4.78, 5) is 24.0. The first-order chi connectivity index (χ1) is 15.9. The Labute approximate surface area is 201 Å². The minimum absolute atomic E-state index is 0.293. The molecule has 0 saturated carbocycles. The average Bonchev–Trinajstić information content (AvgIpc) is 3.06. The van der Waals surface area contributed by atoms with Gasteiger partial charge in [-0.15, -0.1) is 0 Å². The lowest BCUT2D eigenvalue weighted by molar-refractivity contribution is -0.142. The normalized spacial score (nSPS) is 10.7. The molecule has 0 unspecified atom stereocenters. The zero-order valence-electron chi connectivity index (χ0n) is 17.7. The van der Waals surface area contributed by atoms with Crippen LogP contribution in [0.5, 0.6) is 0 Å². The van der Waals surface area contributed by atoms with Crippen LogP contribution in [0.3, 0.4) is 0 Å². The number of ether oxygens (including phenoxy) is 1. The van der Waals surface area contributed by atoms with Gasteiger partial charge in [-0.2, -0.15) is 10.4 Å². The number of hydrogen-bond donors (Lipinski definition) is 1. The zero-order chi connectivity index (χ0) is 23.8. The van der Waals surface area contributed by atoms with Crippen LogP contribution in [0.2, 0.25) is 10.2 Å². The maximum absolute atomic E-state index is 12.0. The first-order valence-corrected chi connectivity index (χ1v) is 10.7. The monoisotopic (exact) mass is 482 g/mol. The number of anilines is 1. The number of halogens is 2. The van der Waals surface area contributed by atoms with E-state index in [4.69, 9.17) is 33.2 Å². The summed E-state index contributed by atoms with van der Waals surface area (Å²) in [6.45, 7) is 1.79. The molecule has 3 rings (SSSR count). The first-order valence-electron chi connectivity index (χ1n) is 9.93. The Morgan fingerprint density at radius 1 is 1.12 bits per heavy atom. The number of rotatable bonds is 8. The summed E-state index contributed by atoms with van der Waals surface area (Å²) >= 11 is 12.3. The Balaban J connectivity index is 1.53. The second-order valence-electron chi connectivity index (χ2n) is 7.10. The number of aryl methyl sites for hydroxylation is 1. The van der Waals surface area contributed by atoms with Crippen LogP contribution < -0.4 is 5.32 Å². The van der Waals surface area contributed by atoms with Crippen LogP contribution >= 0.6 is 23.2 Å². The Hall–Kier alpha value is -3.60. The summed E-state index contributed by atoms with van der Waals surface area (Å²) < 4.78 is 6.62. The highest BCUT2D eigenvalue weighted by Gasteiger charge is 2.12. The van der Waals surface area contributed by atoms with Gasteiger partial charge >= 0.3 is 5.97 Å². The lowest BCUT2D eigenvalue weighted by atomic mass is 10.1. The molecule has 0 aliphatic rings. The van der Waals surface area contributed by atoms with Crippen molar-refractivity contribution in [3.05, 3.63) is 87.2 Å². The molecule has 9 heteroatoms. The molecule has 0 saturated heterocycles. The van der Waals surface area contributed by atoms with E-state index in [0.29, 0.717) is 40.1 Å². The van der Waals surface area contributed by atoms with Crippen molar-refractivity contribution in [1.29, 1.82) is 5.26 Å². The van der Waals surface area contributed by atoms with Crippen molar-refractivity contribution in [3.8, 4) is 6.07 Å². The van der Waals surface area contributed by atoms with E-state index in [1.54, 1.807) is 48.0 Å². The number of nitrogens with one attached hydrogen (secondary N) is 1. The van der Waals surface area contributed by atoms with Crippen LogP contribution in [-0.4, -0.2) is 28.3 Å². The quantitative estimate of drug-likeness (QED) is 0.367. The zero-order valence-corrected chi connectivity index (χ0v) is 19.2. The third-order valence-corrected chi connectivity index (χ3v) is 5.26. The average molecular weight is 483 g/mol. The molecule has 33 heavy (non-hydrogen) atoms. The molecule has 0 spiro atoms. The summed E-state index contributed by atoms with van der Waals surface area (Å²) in [6.07, 6.45) is 3.01. The molecule has 168 valence electrons. The van der Waals surface area contributed by atoms with Gasteiger partial charge in [-0.05, 0) is 48.4 Å². The SMILES string of the molecule is Cc1nn(Cc2ccc(Cl)cc2)c(Cl)c1/C=C/C(=O)OCC(=O)Nc1ccc(CC#N)cc1. The molecule has 0 bridgehead atoms. The number of amides is 1.